The van der Waals surface area contributed by atoms with Crippen molar-refractivity contribution in [2.75, 3.05) is 51.1 Å². The highest BCUT2D eigenvalue weighted by Crippen LogP contribution is 2.34. The van der Waals surface area contributed by atoms with E-state index in [1.54, 1.807) is 14.2 Å². The zero-order chi connectivity index (χ0) is 21.3. The largest absolute Gasteiger partial charge is 0.493 e. The molecule has 5 nitrogen and oxygen atoms in total. The predicted octanol–water partition coefficient (Wildman–Crippen LogP) is 4.49. The first-order valence-electron chi connectivity index (χ1n) is 10.6. The Morgan fingerprint density at radius 3 is 2.67 bits per heavy atom. The van der Waals surface area contributed by atoms with Crippen molar-refractivity contribution in [3.8, 4) is 11.5 Å². The molecule has 1 aliphatic rings. The Morgan fingerprint density at radius 1 is 1.10 bits per heavy atom. The monoisotopic (exact) mass is 428 g/mol. The van der Waals surface area contributed by atoms with E-state index in [9.17, 15) is 4.79 Å². The Bertz CT molecular complexity index is 843. The van der Waals surface area contributed by atoms with Crippen molar-refractivity contribution in [1.29, 1.82) is 0 Å². The number of nitrogens with zero attached hydrogens (tertiary/aromatic N) is 2. The van der Waals surface area contributed by atoms with Gasteiger partial charge in [-0.05, 0) is 55.0 Å². The lowest BCUT2D eigenvalue weighted by atomic mass is 10.1. The Kier molecular flexibility index (Phi) is 8.46. The van der Waals surface area contributed by atoms with Crippen molar-refractivity contribution in [3.63, 3.8) is 0 Å². The number of para-hydroxylation sites is 1. The highest BCUT2D eigenvalue weighted by molar-refractivity contribution is 7.99. The van der Waals surface area contributed by atoms with Gasteiger partial charge in [-0.1, -0.05) is 25.1 Å². The Hall–Kier alpha value is -2.18. The predicted molar refractivity (Wildman–Crippen MR) is 124 cm³/mol. The fourth-order valence-electron chi connectivity index (χ4n) is 3.73. The van der Waals surface area contributed by atoms with Crippen LogP contribution in [0, 0.1) is 0 Å². The average molecular weight is 429 g/mol. The lowest BCUT2D eigenvalue weighted by molar-refractivity contribution is -0.119. The van der Waals surface area contributed by atoms with E-state index in [-0.39, 0.29) is 5.91 Å². The van der Waals surface area contributed by atoms with Crippen LogP contribution in [0.4, 0.5) is 5.69 Å². The third-order valence-corrected chi connectivity index (χ3v) is 6.64. The molecular formula is C24H32N2O3S. The van der Waals surface area contributed by atoms with Crippen LogP contribution in [-0.4, -0.2) is 57.0 Å². The minimum atomic E-state index is 0.217. The molecule has 0 saturated carbocycles. The van der Waals surface area contributed by atoms with Crippen LogP contribution in [0.25, 0.3) is 0 Å². The molecule has 0 spiro atoms. The van der Waals surface area contributed by atoms with Crippen LogP contribution in [0.2, 0.25) is 0 Å². The molecular weight excluding hydrogens is 396 g/mol. The van der Waals surface area contributed by atoms with Gasteiger partial charge < -0.3 is 19.3 Å². The molecule has 2 aromatic carbocycles. The van der Waals surface area contributed by atoms with E-state index in [1.165, 1.54) is 10.5 Å². The number of benzene rings is 2. The Morgan fingerprint density at radius 2 is 1.90 bits per heavy atom. The van der Waals surface area contributed by atoms with Gasteiger partial charge in [-0.2, -0.15) is 0 Å². The summed E-state index contributed by atoms with van der Waals surface area (Å²) in [4.78, 5) is 18.6. The molecule has 0 fully saturated rings. The standard InChI is InChI=1S/C24H32N2O3S/c1-4-25(15-12-19-10-11-21(28-2)22(18-19)29-3)16-13-24(27)26-14-7-17-30-23-9-6-5-8-20(23)26/h5-6,8-11,18H,4,7,12-17H2,1-3H3. The average Bonchev–Trinajstić information content (AvgIpc) is 3.01. The highest BCUT2D eigenvalue weighted by atomic mass is 32.2. The van der Waals surface area contributed by atoms with Crippen LogP contribution in [-0.2, 0) is 11.2 Å². The lowest BCUT2D eigenvalue weighted by Crippen LogP contribution is -2.36. The number of likely N-dealkylation sites (N-methyl/N-ethyl adjacent to an activating group) is 1. The van der Waals surface area contributed by atoms with Gasteiger partial charge in [0.2, 0.25) is 5.91 Å². The molecule has 6 heteroatoms. The topological polar surface area (TPSA) is 42.0 Å². The van der Waals surface area contributed by atoms with Crippen molar-refractivity contribution < 1.29 is 14.3 Å². The third-order valence-electron chi connectivity index (χ3n) is 5.49. The van der Waals surface area contributed by atoms with Gasteiger partial charge >= 0.3 is 0 Å². The third kappa shape index (κ3) is 5.70. The van der Waals surface area contributed by atoms with Crippen LogP contribution in [0.1, 0.15) is 25.3 Å². The van der Waals surface area contributed by atoms with Crippen molar-refractivity contribution in [2.45, 2.75) is 31.1 Å². The smallest absolute Gasteiger partial charge is 0.228 e. The summed E-state index contributed by atoms with van der Waals surface area (Å²) >= 11 is 1.85. The van der Waals surface area contributed by atoms with E-state index >= 15 is 0 Å². The van der Waals surface area contributed by atoms with Gasteiger partial charge in [0.1, 0.15) is 0 Å². The molecule has 30 heavy (non-hydrogen) atoms. The first kappa shape index (κ1) is 22.5. The molecule has 162 valence electrons. The van der Waals surface area contributed by atoms with E-state index in [2.05, 4.69) is 30.0 Å². The summed E-state index contributed by atoms with van der Waals surface area (Å²) in [5, 5.41) is 0. The summed E-state index contributed by atoms with van der Waals surface area (Å²) in [5.41, 5.74) is 2.27. The molecule has 2 aromatic rings. The summed E-state index contributed by atoms with van der Waals surface area (Å²) in [5.74, 6) is 2.78. The molecule has 1 aliphatic heterocycles. The maximum atomic E-state index is 13.0. The number of hydrogen-bond acceptors (Lipinski definition) is 5. The van der Waals surface area contributed by atoms with Gasteiger partial charge in [-0.15, -0.1) is 11.8 Å². The summed E-state index contributed by atoms with van der Waals surface area (Å²) in [6, 6.07) is 14.3. The molecule has 0 radical (unpaired) electrons. The van der Waals surface area contributed by atoms with Crippen LogP contribution in [0.5, 0.6) is 11.5 Å². The Labute approximate surface area is 184 Å². The minimum absolute atomic E-state index is 0.217. The number of carbonyl (C=O) groups excluding carboxylic acids is 1. The van der Waals surface area contributed by atoms with E-state index in [0.717, 1.165) is 62.0 Å². The van der Waals surface area contributed by atoms with Gasteiger partial charge in [-0.3, -0.25) is 4.79 Å². The zero-order valence-corrected chi connectivity index (χ0v) is 19.0. The molecule has 1 amide bonds. The molecule has 0 aromatic heterocycles. The fourth-order valence-corrected chi connectivity index (χ4v) is 4.72. The van der Waals surface area contributed by atoms with E-state index in [0.29, 0.717) is 6.42 Å². The number of amides is 1. The SMILES string of the molecule is CCN(CCC(=O)N1CCCSc2ccccc21)CCc1ccc(OC)c(OC)c1. The molecule has 1 heterocycles. The maximum absolute atomic E-state index is 13.0. The van der Waals surface area contributed by atoms with Gasteiger partial charge in [0.05, 0.1) is 19.9 Å². The zero-order valence-electron chi connectivity index (χ0n) is 18.2. The fraction of sp³-hybridized carbons (Fsp3) is 0.458. The summed E-state index contributed by atoms with van der Waals surface area (Å²) in [7, 11) is 3.31. The highest BCUT2D eigenvalue weighted by Gasteiger charge is 2.21. The molecule has 0 atom stereocenters. The van der Waals surface area contributed by atoms with Crippen molar-refractivity contribution >= 4 is 23.4 Å². The lowest BCUT2D eigenvalue weighted by Gasteiger charge is -2.25. The second kappa shape index (κ2) is 11.3. The van der Waals surface area contributed by atoms with Crippen LogP contribution in [0.3, 0.4) is 0 Å². The van der Waals surface area contributed by atoms with Crippen LogP contribution >= 0.6 is 11.8 Å². The van der Waals surface area contributed by atoms with Gasteiger partial charge in [0, 0.05) is 31.0 Å². The first-order valence-corrected chi connectivity index (χ1v) is 11.6. The number of thioether (sulfide) groups is 1. The molecule has 0 aliphatic carbocycles. The normalized spacial score (nSPS) is 13.7. The molecule has 0 bridgehead atoms. The number of anilines is 1. The van der Waals surface area contributed by atoms with Gasteiger partial charge in [-0.25, -0.2) is 0 Å². The number of fused-ring (bicyclic) bond motifs is 1. The second-order valence-electron chi connectivity index (χ2n) is 7.34. The molecule has 0 N–H and O–H groups in total. The number of hydrogen-bond donors (Lipinski definition) is 0. The van der Waals surface area contributed by atoms with Crippen molar-refractivity contribution in [3.05, 3.63) is 48.0 Å². The molecule has 0 saturated heterocycles. The van der Waals surface area contributed by atoms with Gasteiger partial charge in [0.15, 0.2) is 11.5 Å². The summed E-state index contributed by atoms with van der Waals surface area (Å²) < 4.78 is 10.7. The number of methoxy groups -OCH3 is 2. The number of carbonyl (C=O) groups is 1. The van der Waals surface area contributed by atoms with Crippen molar-refractivity contribution in [1.82, 2.24) is 4.90 Å². The second-order valence-corrected chi connectivity index (χ2v) is 8.48. The van der Waals surface area contributed by atoms with Crippen LogP contribution in [0.15, 0.2) is 47.4 Å². The summed E-state index contributed by atoms with van der Waals surface area (Å²) in [6.07, 6.45) is 2.48. The Balaban J connectivity index is 1.56. The van der Waals surface area contributed by atoms with E-state index in [1.807, 2.05) is 40.9 Å². The quantitative estimate of drug-likeness (QED) is 0.589. The summed E-state index contributed by atoms with van der Waals surface area (Å²) in [6.45, 7) is 5.56. The van der Waals surface area contributed by atoms with Crippen LogP contribution < -0.4 is 14.4 Å². The minimum Gasteiger partial charge on any atom is -0.493 e. The van der Waals surface area contributed by atoms with Crippen molar-refractivity contribution in [2.24, 2.45) is 0 Å². The van der Waals surface area contributed by atoms with Gasteiger partial charge in [0.25, 0.3) is 0 Å². The van der Waals surface area contributed by atoms with E-state index in [4.69, 9.17) is 9.47 Å². The maximum Gasteiger partial charge on any atom is 0.228 e. The van der Waals surface area contributed by atoms with E-state index < -0.39 is 0 Å². The number of ether oxygens (including phenoxy) is 2. The first-order chi connectivity index (χ1) is 14.7. The molecule has 3 rings (SSSR count). The molecule has 0 unspecified atom stereocenters. The number of rotatable bonds is 9.